The third-order valence-electron chi connectivity index (χ3n) is 3.39. The van der Waals surface area contributed by atoms with Gasteiger partial charge in [-0.3, -0.25) is 4.79 Å². The monoisotopic (exact) mass is 343 g/mol. The normalized spacial score (nSPS) is 10.8. The maximum absolute atomic E-state index is 13.8. The molecule has 0 saturated heterocycles. The third kappa shape index (κ3) is 2.32. The number of rotatable bonds is 2. The quantitative estimate of drug-likeness (QED) is 0.547. The molecular formula is C17H11BrFNO. The molecule has 0 aliphatic carbocycles. The summed E-state index contributed by atoms with van der Waals surface area (Å²) in [5, 5.41) is 1.03. The van der Waals surface area contributed by atoms with Crippen molar-refractivity contribution < 1.29 is 9.18 Å². The summed E-state index contributed by atoms with van der Waals surface area (Å²) in [5.74, 6) is -0.529. The van der Waals surface area contributed by atoms with Crippen molar-refractivity contribution in [1.82, 2.24) is 0 Å². The zero-order valence-corrected chi connectivity index (χ0v) is 12.5. The molecule has 3 rings (SSSR count). The first-order valence-corrected chi connectivity index (χ1v) is 7.15. The minimum Gasteiger partial charge on any atom is -0.398 e. The van der Waals surface area contributed by atoms with E-state index >= 15 is 0 Å². The standard InChI is InChI=1S/C17H11BrFNO/c18-16-13(6-3-7-15(16)20)17(21)12-8-9-14(19)11-5-2-1-4-10(11)12/h1-9H,20H2. The molecule has 0 radical (unpaired) electrons. The van der Waals surface area contributed by atoms with Crippen LogP contribution in [0.1, 0.15) is 15.9 Å². The lowest BCUT2D eigenvalue weighted by Crippen LogP contribution is -2.05. The molecule has 21 heavy (non-hydrogen) atoms. The molecule has 3 aromatic carbocycles. The second-order valence-electron chi connectivity index (χ2n) is 4.68. The van der Waals surface area contributed by atoms with Gasteiger partial charge in [0.05, 0.1) is 4.47 Å². The molecule has 0 aromatic heterocycles. The largest absolute Gasteiger partial charge is 0.398 e. The summed E-state index contributed by atoms with van der Waals surface area (Å²) >= 11 is 3.34. The molecule has 0 saturated carbocycles. The van der Waals surface area contributed by atoms with E-state index in [1.165, 1.54) is 12.1 Å². The van der Waals surface area contributed by atoms with Crippen molar-refractivity contribution in [2.75, 3.05) is 5.73 Å². The highest BCUT2D eigenvalue weighted by Gasteiger charge is 2.17. The first-order chi connectivity index (χ1) is 10.1. The Bertz CT molecular complexity index is 861. The topological polar surface area (TPSA) is 43.1 Å². The van der Waals surface area contributed by atoms with Gasteiger partial charge in [0.25, 0.3) is 0 Å². The van der Waals surface area contributed by atoms with Gasteiger partial charge in [0, 0.05) is 22.2 Å². The Labute approximate surface area is 129 Å². The van der Waals surface area contributed by atoms with Gasteiger partial charge in [-0.1, -0.05) is 30.3 Å². The summed E-state index contributed by atoms with van der Waals surface area (Å²) in [7, 11) is 0. The Balaban J connectivity index is 2.23. The fraction of sp³-hybridized carbons (Fsp3) is 0. The highest BCUT2D eigenvalue weighted by atomic mass is 79.9. The highest BCUT2D eigenvalue weighted by molar-refractivity contribution is 9.10. The van der Waals surface area contributed by atoms with Gasteiger partial charge in [0.15, 0.2) is 5.78 Å². The number of halogens is 2. The number of hydrogen-bond acceptors (Lipinski definition) is 2. The maximum atomic E-state index is 13.8. The third-order valence-corrected chi connectivity index (χ3v) is 4.27. The second kappa shape index (κ2) is 5.30. The van der Waals surface area contributed by atoms with Gasteiger partial charge in [-0.15, -0.1) is 0 Å². The van der Waals surface area contributed by atoms with E-state index in [2.05, 4.69) is 15.9 Å². The Kier molecular flexibility index (Phi) is 3.47. The Morgan fingerprint density at radius 2 is 1.62 bits per heavy atom. The second-order valence-corrected chi connectivity index (χ2v) is 5.47. The molecule has 3 aromatic rings. The van der Waals surface area contributed by atoms with E-state index in [9.17, 15) is 9.18 Å². The number of nitrogen functional groups attached to an aromatic ring is 1. The number of anilines is 1. The maximum Gasteiger partial charge on any atom is 0.194 e. The summed E-state index contributed by atoms with van der Waals surface area (Å²) in [4.78, 5) is 12.7. The summed E-state index contributed by atoms with van der Waals surface area (Å²) in [6.45, 7) is 0. The average Bonchev–Trinajstić information content (AvgIpc) is 2.50. The molecule has 4 heteroatoms. The molecule has 0 fully saturated rings. The summed E-state index contributed by atoms with van der Waals surface area (Å²) < 4.78 is 14.4. The van der Waals surface area contributed by atoms with Crippen LogP contribution in [0.15, 0.2) is 59.1 Å². The number of carbonyl (C=O) groups is 1. The molecule has 0 amide bonds. The van der Waals surface area contributed by atoms with Crippen molar-refractivity contribution in [2.45, 2.75) is 0 Å². The number of carbonyl (C=O) groups excluding carboxylic acids is 1. The molecule has 0 unspecified atom stereocenters. The van der Waals surface area contributed by atoms with Crippen LogP contribution in [0.4, 0.5) is 10.1 Å². The average molecular weight is 344 g/mol. The lowest BCUT2D eigenvalue weighted by atomic mass is 9.97. The fourth-order valence-electron chi connectivity index (χ4n) is 2.33. The van der Waals surface area contributed by atoms with E-state index in [4.69, 9.17) is 5.73 Å². The molecule has 2 nitrogen and oxygen atoms in total. The first kappa shape index (κ1) is 13.8. The number of nitrogens with two attached hydrogens (primary N) is 1. The number of fused-ring (bicyclic) bond motifs is 1. The van der Waals surface area contributed by atoms with Crippen LogP contribution < -0.4 is 5.73 Å². The van der Waals surface area contributed by atoms with Crippen molar-refractivity contribution in [1.29, 1.82) is 0 Å². The van der Waals surface area contributed by atoms with Gasteiger partial charge >= 0.3 is 0 Å². The lowest BCUT2D eigenvalue weighted by molar-refractivity contribution is 0.103. The van der Waals surface area contributed by atoms with Gasteiger partial charge in [0.1, 0.15) is 5.82 Å². The van der Waals surface area contributed by atoms with Crippen LogP contribution in [0.2, 0.25) is 0 Å². The molecule has 0 heterocycles. The Morgan fingerprint density at radius 3 is 2.38 bits per heavy atom. The van der Waals surface area contributed by atoms with Crippen LogP contribution in [0.3, 0.4) is 0 Å². The number of ketones is 1. The van der Waals surface area contributed by atoms with Crippen LogP contribution in [-0.4, -0.2) is 5.78 Å². The molecule has 104 valence electrons. The fourth-order valence-corrected chi connectivity index (χ4v) is 2.77. The molecular weight excluding hydrogens is 333 g/mol. The number of hydrogen-bond donors (Lipinski definition) is 1. The highest BCUT2D eigenvalue weighted by Crippen LogP contribution is 2.29. The van der Waals surface area contributed by atoms with Crippen molar-refractivity contribution in [2.24, 2.45) is 0 Å². The van der Waals surface area contributed by atoms with E-state index in [-0.39, 0.29) is 11.6 Å². The Morgan fingerprint density at radius 1 is 0.905 bits per heavy atom. The minimum absolute atomic E-state index is 0.189. The van der Waals surface area contributed by atoms with Crippen molar-refractivity contribution in [3.63, 3.8) is 0 Å². The van der Waals surface area contributed by atoms with Crippen LogP contribution in [-0.2, 0) is 0 Å². The van der Waals surface area contributed by atoms with Gasteiger partial charge < -0.3 is 5.73 Å². The van der Waals surface area contributed by atoms with Crippen molar-refractivity contribution in [3.05, 3.63) is 76.0 Å². The predicted octanol–water partition coefficient (Wildman–Crippen LogP) is 4.55. The smallest absolute Gasteiger partial charge is 0.194 e. The Hall–Kier alpha value is -2.20. The summed E-state index contributed by atoms with van der Waals surface area (Å²) in [5.41, 5.74) is 7.23. The molecule has 0 aliphatic heterocycles. The van der Waals surface area contributed by atoms with Crippen LogP contribution in [0.25, 0.3) is 10.8 Å². The van der Waals surface area contributed by atoms with E-state index in [0.717, 1.165) is 0 Å². The van der Waals surface area contributed by atoms with E-state index < -0.39 is 0 Å². The molecule has 0 spiro atoms. The van der Waals surface area contributed by atoms with Gasteiger partial charge in [-0.2, -0.15) is 0 Å². The number of benzene rings is 3. The van der Waals surface area contributed by atoms with E-state index in [1.807, 2.05) is 0 Å². The zero-order chi connectivity index (χ0) is 15.0. The minimum atomic E-state index is -0.339. The lowest BCUT2D eigenvalue weighted by Gasteiger charge is -2.09. The molecule has 0 atom stereocenters. The van der Waals surface area contributed by atoms with Crippen molar-refractivity contribution in [3.8, 4) is 0 Å². The molecule has 0 aliphatic rings. The molecule has 0 bridgehead atoms. The summed E-state index contributed by atoms with van der Waals surface area (Å²) in [6, 6.07) is 14.9. The summed E-state index contributed by atoms with van der Waals surface area (Å²) in [6.07, 6.45) is 0. The van der Waals surface area contributed by atoms with Gasteiger partial charge in [0.2, 0.25) is 0 Å². The van der Waals surface area contributed by atoms with Crippen LogP contribution in [0.5, 0.6) is 0 Å². The van der Waals surface area contributed by atoms with Crippen LogP contribution in [0, 0.1) is 5.82 Å². The van der Waals surface area contributed by atoms with E-state index in [1.54, 1.807) is 42.5 Å². The van der Waals surface area contributed by atoms with Gasteiger partial charge in [-0.25, -0.2) is 4.39 Å². The molecule has 2 N–H and O–H groups in total. The SMILES string of the molecule is Nc1cccc(C(=O)c2ccc(F)c3ccccc23)c1Br. The zero-order valence-electron chi connectivity index (χ0n) is 10.9. The van der Waals surface area contributed by atoms with Gasteiger partial charge in [-0.05, 0) is 45.6 Å². The van der Waals surface area contributed by atoms with E-state index in [0.29, 0.717) is 32.1 Å². The predicted molar refractivity (Wildman–Crippen MR) is 85.9 cm³/mol. The van der Waals surface area contributed by atoms with Crippen LogP contribution >= 0.6 is 15.9 Å². The van der Waals surface area contributed by atoms with Crippen molar-refractivity contribution >= 4 is 38.2 Å². The first-order valence-electron chi connectivity index (χ1n) is 6.35.